The fourth-order valence-electron chi connectivity index (χ4n) is 3.39. The van der Waals surface area contributed by atoms with Crippen LogP contribution in [0.2, 0.25) is 0 Å². The molecule has 3 aromatic carbocycles. The lowest BCUT2D eigenvalue weighted by atomic mass is 10.1. The lowest BCUT2D eigenvalue weighted by Crippen LogP contribution is -2.22. The van der Waals surface area contributed by atoms with Crippen molar-refractivity contribution in [3.63, 3.8) is 0 Å². The molecule has 0 spiro atoms. The summed E-state index contributed by atoms with van der Waals surface area (Å²) in [6.07, 6.45) is 1.91. The van der Waals surface area contributed by atoms with E-state index in [9.17, 15) is 9.59 Å². The molecule has 3 N–H and O–H groups in total. The zero-order chi connectivity index (χ0) is 23.8. The van der Waals surface area contributed by atoms with Crippen molar-refractivity contribution in [2.45, 2.75) is 19.8 Å². The summed E-state index contributed by atoms with van der Waals surface area (Å²) in [6.45, 7) is 2.89. The van der Waals surface area contributed by atoms with Gasteiger partial charge in [-0.2, -0.15) is 0 Å². The molecule has 0 aromatic heterocycles. The van der Waals surface area contributed by atoms with Crippen LogP contribution >= 0.6 is 0 Å². The molecule has 0 atom stereocenters. The third-order valence-corrected chi connectivity index (χ3v) is 5.48. The van der Waals surface area contributed by atoms with Crippen LogP contribution in [-0.2, 0) is 9.59 Å². The van der Waals surface area contributed by atoms with E-state index >= 15 is 0 Å². The number of benzene rings is 3. The molecule has 176 valence electrons. The van der Waals surface area contributed by atoms with Gasteiger partial charge in [0.1, 0.15) is 24.7 Å². The second-order valence-corrected chi connectivity index (χ2v) is 8.18. The van der Waals surface area contributed by atoms with E-state index in [0.29, 0.717) is 24.7 Å². The summed E-state index contributed by atoms with van der Waals surface area (Å²) in [7, 11) is 0. The molecule has 1 aliphatic rings. The van der Waals surface area contributed by atoms with Gasteiger partial charge in [-0.25, -0.2) is 0 Å². The molecule has 4 rings (SSSR count). The lowest BCUT2D eigenvalue weighted by molar-refractivity contribution is -0.117. The second kappa shape index (κ2) is 11.2. The molecule has 0 aliphatic heterocycles. The zero-order valence-electron chi connectivity index (χ0n) is 19.2. The topological polar surface area (TPSA) is 88.7 Å². The van der Waals surface area contributed by atoms with Gasteiger partial charge in [0.15, 0.2) is 0 Å². The Morgan fingerprint density at radius 2 is 1.44 bits per heavy atom. The summed E-state index contributed by atoms with van der Waals surface area (Å²) < 4.78 is 11.3. The Hall–Kier alpha value is -4.00. The second-order valence-electron chi connectivity index (χ2n) is 8.18. The molecule has 7 nitrogen and oxygen atoms in total. The van der Waals surface area contributed by atoms with Crippen molar-refractivity contribution >= 4 is 28.9 Å². The van der Waals surface area contributed by atoms with Crippen molar-refractivity contribution in [2.75, 3.05) is 35.7 Å². The highest BCUT2D eigenvalue weighted by atomic mass is 16.5. The molecule has 1 aliphatic carbocycles. The van der Waals surface area contributed by atoms with E-state index in [0.717, 1.165) is 35.5 Å². The average molecular weight is 460 g/mol. The van der Waals surface area contributed by atoms with Crippen molar-refractivity contribution < 1.29 is 19.1 Å². The highest BCUT2D eigenvalue weighted by Gasteiger charge is 2.29. The van der Waals surface area contributed by atoms with E-state index in [4.69, 9.17) is 9.47 Å². The molecule has 34 heavy (non-hydrogen) atoms. The maximum atomic E-state index is 12.4. The first-order valence-corrected chi connectivity index (χ1v) is 11.4. The number of nitrogens with one attached hydrogen (secondary N) is 3. The van der Waals surface area contributed by atoms with Crippen molar-refractivity contribution in [1.29, 1.82) is 0 Å². The van der Waals surface area contributed by atoms with Gasteiger partial charge in [0.05, 0.1) is 6.54 Å². The van der Waals surface area contributed by atoms with Crippen molar-refractivity contribution in [2.24, 2.45) is 5.92 Å². The minimum absolute atomic E-state index is 0.0640. The standard InChI is InChI=1S/C27H29N3O4/c1-19-24(8-5-9-25(19)30-27(32)20-10-11-20)28-18-26(31)29-21-12-14-23(15-13-21)34-17-16-33-22-6-3-2-4-7-22/h2-9,12-15,20,28H,10-11,16-18H2,1H3,(H,29,31)(H,30,32). The van der Waals surface area contributed by atoms with E-state index in [-0.39, 0.29) is 24.3 Å². The van der Waals surface area contributed by atoms with Crippen LogP contribution in [0, 0.1) is 12.8 Å². The Bertz CT molecular complexity index is 1110. The maximum Gasteiger partial charge on any atom is 0.243 e. The van der Waals surface area contributed by atoms with E-state index < -0.39 is 0 Å². The van der Waals surface area contributed by atoms with Gasteiger partial charge in [-0.05, 0) is 73.9 Å². The summed E-state index contributed by atoms with van der Waals surface area (Å²) in [6, 6.07) is 22.4. The molecule has 0 saturated heterocycles. The van der Waals surface area contributed by atoms with Crippen LogP contribution in [0.3, 0.4) is 0 Å². The quantitative estimate of drug-likeness (QED) is 0.357. The van der Waals surface area contributed by atoms with Crippen molar-refractivity contribution in [3.8, 4) is 11.5 Å². The first-order valence-electron chi connectivity index (χ1n) is 11.4. The first kappa shape index (κ1) is 23.2. The van der Waals surface area contributed by atoms with Gasteiger partial charge in [-0.1, -0.05) is 24.3 Å². The van der Waals surface area contributed by atoms with Gasteiger partial charge < -0.3 is 25.4 Å². The van der Waals surface area contributed by atoms with Crippen LogP contribution in [-0.4, -0.2) is 31.6 Å². The maximum absolute atomic E-state index is 12.4. The SMILES string of the molecule is Cc1c(NCC(=O)Nc2ccc(OCCOc3ccccc3)cc2)cccc1NC(=O)C1CC1. The van der Waals surface area contributed by atoms with Crippen LogP contribution in [0.1, 0.15) is 18.4 Å². The number of carbonyl (C=O) groups excluding carboxylic acids is 2. The number of rotatable bonds is 11. The Morgan fingerprint density at radius 3 is 2.12 bits per heavy atom. The number of hydrogen-bond donors (Lipinski definition) is 3. The molecule has 2 amide bonds. The summed E-state index contributed by atoms with van der Waals surface area (Å²) >= 11 is 0. The van der Waals surface area contributed by atoms with Crippen molar-refractivity contribution in [3.05, 3.63) is 78.4 Å². The van der Waals surface area contributed by atoms with Crippen molar-refractivity contribution in [1.82, 2.24) is 0 Å². The number of amides is 2. The average Bonchev–Trinajstić information content (AvgIpc) is 3.70. The summed E-state index contributed by atoms with van der Waals surface area (Å²) in [5.74, 6) is 1.54. The fourth-order valence-corrected chi connectivity index (χ4v) is 3.39. The molecular formula is C27H29N3O4. The van der Waals surface area contributed by atoms with Crippen LogP contribution in [0.25, 0.3) is 0 Å². The number of carbonyl (C=O) groups is 2. The number of para-hydroxylation sites is 1. The van der Waals surface area contributed by atoms with Gasteiger partial charge in [0, 0.05) is 23.0 Å². The minimum Gasteiger partial charge on any atom is -0.490 e. The van der Waals surface area contributed by atoms with Crippen LogP contribution in [0.4, 0.5) is 17.1 Å². The van der Waals surface area contributed by atoms with E-state index in [1.165, 1.54) is 0 Å². The van der Waals surface area contributed by atoms with Crippen LogP contribution in [0.15, 0.2) is 72.8 Å². The van der Waals surface area contributed by atoms with Crippen LogP contribution < -0.4 is 25.4 Å². The van der Waals surface area contributed by atoms with E-state index in [2.05, 4.69) is 16.0 Å². The molecule has 1 saturated carbocycles. The predicted molar refractivity (Wildman–Crippen MR) is 134 cm³/mol. The molecule has 1 fully saturated rings. The van der Waals surface area contributed by atoms with Gasteiger partial charge in [-0.3, -0.25) is 9.59 Å². The van der Waals surface area contributed by atoms with Gasteiger partial charge >= 0.3 is 0 Å². The zero-order valence-corrected chi connectivity index (χ0v) is 19.2. The summed E-state index contributed by atoms with van der Waals surface area (Å²) in [5.41, 5.74) is 3.17. The molecule has 7 heteroatoms. The van der Waals surface area contributed by atoms with Gasteiger partial charge in [0.2, 0.25) is 11.8 Å². The largest absolute Gasteiger partial charge is 0.490 e. The third-order valence-electron chi connectivity index (χ3n) is 5.48. The van der Waals surface area contributed by atoms with Gasteiger partial charge in [0.25, 0.3) is 0 Å². The van der Waals surface area contributed by atoms with E-state index in [1.54, 1.807) is 12.1 Å². The summed E-state index contributed by atoms with van der Waals surface area (Å²) in [4.78, 5) is 24.5. The summed E-state index contributed by atoms with van der Waals surface area (Å²) in [5, 5.41) is 8.99. The molecule has 0 bridgehead atoms. The fraction of sp³-hybridized carbons (Fsp3) is 0.259. The Balaban J connectivity index is 1.20. The highest BCUT2D eigenvalue weighted by Crippen LogP contribution is 2.31. The molecule has 0 heterocycles. The normalized spacial score (nSPS) is 12.5. The van der Waals surface area contributed by atoms with E-state index in [1.807, 2.05) is 67.6 Å². The van der Waals surface area contributed by atoms with Gasteiger partial charge in [-0.15, -0.1) is 0 Å². The third kappa shape index (κ3) is 6.75. The number of hydrogen-bond acceptors (Lipinski definition) is 5. The Kier molecular flexibility index (Phi) is 7.65. The number of ether oxygens (including phenoxy) is 2. The Morgan fingerprint density at radius 1 is 0.794 bits per heavy atom. The monoisotopic (exact) mass is 459 g/mol. The molecule has 0 unspecified atom stereocenters. The highest BCUT2D eigenvalue weighted by molar-refractivity contribution is 5.96. The smallest absolute Gasteiger partial charge is 0.243 e. The lowest BCUT2D eigenvalue weighted by Gasteiger charge is -2.14. The Labute approximate surface area is 199 Å². The molecule has 3 aromatic rings. The molecular weight excluding hydrogens is 430 g/mol. The molecule has 0 radical (unpaired) electrons. The minimum atomic E-state index is -0.170. The predicted octanol–water partition coefficient (Wildman–Crippen LogP) is 4.85. The first-order chi connectivity index (χ1) is 16.6. The van der Waals surface area contributed by atoms with Crippen LogP contribution in [0.5, 0.6) is 11.5 Å². The number of anilines is 3.